The SMILES string of the molecule is Cc1cc(-c2cccc3c2[nH]c2c4ccccc4sc32)c2c(c1)N(c1cc3c(cc1C)C(C)(C)CCC3(C)C)c1c(sc3ccccc13)B2. The highest BCUT2D eigenvalue weighted by Crippen LogP contribution is 2.51. The van der Waals surface area contributed by atoms with Gasteiger partial charge in [0, 0.05) is 42.5 Å². The first kappa shape index (κ1) is 29.6. The van der Waals surface area contributed by atoms with Gasteiger partial charge in [0.1, 0.15) is 0 Å². The monoisotopic (exact) mass is 670 g/mol. The molecule has 1 aliphatic carbocycles. The molecule has 2 aliphatic rings. The highest BCUT2D eigenvalue weighted by atomic mass is 32.1. The highest BCUT2D eigenvalue weighted by molar-refractivity contribution is 7.29. The summed E-state index contributed by atoms with van der Waals surface area (Å²) in [4.78, 5) is 6.59. The second-order valence-electron chi connectivity index (χ2n) is 15.8. The Bertz CT molecular complexity index is 2680. The van der Waals surface area contributed by atoms with Crippen LogP contribution < -0.4 is 15.1 Å². The van der Waals surface area contributed by atoms with Gasteiger partial charge in [-0.05, 0) is 99.8 Å². The lowest BCUT2D eigenvalue weighted by molar-refractivity contribution is 0.332. The average Bonchev–Trinajstić information content (AvgIpc) is 3.75. The maximum absolute atomic E-state index is 3.94. The van der Waals surface area contributed by atoms with Crippen molar-refractivity contribution in [3.63, 3.8) is 0 Å². The number of aromatic nitrogens is 1. The molecule has 1 N–H and O–H groups in total. The number of benzene rings is 5. The van der Waals surface area contributed by atoms with Gasteiger partial charge in [-0.25, -0.2) is 0 Å². The number of nitrogens with one attached hydrogen (secondary N) is 1. The van der Waals surface area contributed by atoms with Crippen LogP contribution in [0.3, 0.4) is 0 Å². The zero-order valence-corrected chi connectivity index (χ0v) is 30.7. The van der Waals surface area contributed by atoms with Crippen molar-refractivity contribution in [2.45, 2.75) is 65.2 Å². The van der Waals surface area contributed by atoms with E-state index >= 15 is 0 Å². The standard InChI is InChI=1S/C44H39BN2S2/c1-24-20-30(26-14-11-15-29-38(26)46-39-27-12-7-9-16-35(27)48-41(29)39)37-34(21-24)47(40-28-13-8-10-17-36(28)49-42(40)45-37)33-23-32-31(22-25(33)2)43(3,4)18-19-44(32,5)6/h7-17,20-23,45-46H,18-19H2,1-6H3. The van der Waals surface area contributed by atoms with Crippen LogP contribution in [-0.2, 0) is 10.8 Å². The van der Waals surface area contributed by atoms with Crippen LogP contribution >= 0.6 is 22.7 Å². The predicted octanol–water partition coefficient (Wildman–Crippen LogP) is 11.6. The van der Waals surface area contributed by atoms with Crippen molar-refractivity contribution < 1.29 is 0 Å². The van der Waals surface area contributed by atoms with Gasteiger partial charge >= 0.3 is 0 Å². The molecule has 10 rings (SSSR count). The van der Waals surface area contributed by atoms with E-state index < -0.39 is 0 Å². The number of H-pyrrole nitrogens is 1. The molecule has 4 heterocycles. The first-order valence-electron chi connectivity index (χ1n) is 17.6. The van der Waals surface area contributed by atoms with Gasteiger partial charge in [0.15, 0.2) is 0 Å². The number of hydrogen-bond donors (Lipinski definition) is 1. The van der Waals surface area contributed by atoms with E-state index in [1.807, 2.05) is 22.7 Å². The number of aryl methyl sites for hydroxylation is 2. The molecule has 0 unspecified atom stereocenters. The molecule has 0 bridgehead atoms. The van der Waals surface area contributed by atoms with Crippen molar-refractivity contribution in [2.24, 2.45) is 0 Å². The fraction of sp³-hybridized carbons (Fsp3) is 0.227. The molecule has 0 spiro atoms. The van der Waals surface area contributed by atoms with Gasteiger partial charge in [-0.3, -0.25) is 0 Å². The first-order valence-corrected chi connectivity index (χ1v) is 19.2. The van der Waals surface area contributed by atoms with Crippen molar-refractivity contribution in [3.8, 4) is 11.1 Å². The maximum atomic E-state index is 3.94. The summed E-state index contributed by atoms with van der Waals surface area (Å²) >= 11 is 3.87. The van der Waals surface area contributed by atoms with Crippen LogP contribution in [0.1, 0.15) is 62.8 Å². The molecular weight excluding hydrogens is 631 g/mol. The molecule has 8 aromatic rings. The molecule has 1 aliphatic heterocycles. The number of para-hydroxylation sites is 1. The summed E-state index contributed by atoms with van der Waals surface area (Å²) < 4.78 is 5.49. The Balaban J connectivity index is 1.26. The molecule has 0 radical (unpaired) electrons. The third-order valence-corrected chi connectivity index (χ3v) is 14.0. The van der Waals surface area contributed by atoms with E-state index in [2.05, 4.69) is 142 Å². The van der Waals surface area contributed by atoms with Gasteiger partial charge in [-0.2, -0.15) is 0 Å². The molecule has 0 saturated carbocycles. The number of rotatable bonds is 2. The Morgan fingerprint density at radius 1 is 0.653 bits per heavy atom. The molecule has 240 valence electrons. The molecule has 49 heavy (non-hydrogen) atoms. The van der Waals surface area contributed by atoms with Gasteiger partial charge in [0.2, 0.25) is 7.28 Å². The number of nitrogens with zero attached hydrogens (tertiary/aromatic N) is 1. The molecule has 5 aromatic carbocycles. The zero-order chi connectivity index (χ0) is 33.4. The molecular formula is C44H39BN2S2. The fourth-order valence-electron chi connectivity index (χ4n) is 8.94. The van der Waals surface area contributed by atoms with Gasteiger partial charge < -0.3 is 9.88 Å². The van der Waals surface area contributed by atoms with Crippen LogP contribution in [0, 0.1) is 13.8 Å². The van der Waals surface area contributed by atoms with E-state index in [1.165, 1.54) is 115 Å². The lowest BCUT2D eigenvalue weighted by Gasteiger charge is -2.43. The van der Waals surface area contributed by atoms with Crippen LogP contribution in [0.5, 0.6) is 0 Å². The second kappa shape index (κ2) is 10.1. The van der Waals surface area contributed by atoms with E-state index in [-0.39, 0.29) is 10.8 Å². The van der Waals surface area contributed by atoms with Gasteiger partial charge in [0.05, 0.1) is 21.4 Å². The molecule has 0 saturated heterocycles. The van der Waals surface area contributed by atoms with Crippen LogP contribution in [0.4, 0.5) is 17.1 Å². The van der Waals surface area contributed by atoms with Crippen molar-refractivity contribution >= 4 is 98.5 Å². The summed E-state index contributed by atoms with van der Waals surface area (Å²) in [5.74, 6) is 0. The molecule has 0 amide bonds. The summed E-state index contributed by atoms with van der Waals surface area (Å²) in [5, 5.41) is 3.98. The Kier molecular flexibility index (Phi) is 6.11. The number of fused-ring (bicyclic) bond motifs is 10. The number of hydrogen-bond acceptors (Lipinski definition) is 3. The molecule has 0 fully saturated rings. The van der Waals surface area contributed by atoms with E-state index in [9.17, 15) is 0 Å². The minimum Gasteiger partial charge on any atom is -0.353 e. The second-order valence-corrected chi connectivity index (χ2v) is 18.0. The van der Waals surface area contributed by atoms with Gasteiger partial charge in [0.25, 0.3) is 0 Å². The topological polar surface area (TPSA) is 19.0 Å². The normalized spacial score (nSPS) is 16.2. The zero-order valence-electron chi connectivity index (χ0n) is 29.0. The summed E-state index contributed by atoms with van der Waals surface area (Å²) in [6.45, 7) is 14.4. The maximum Gasteiger partial charge on any atom is 0.211 e. The van der Waals surface area contributed by atoms with E-state index in [0.717, 1.165) is 7.28 Å². The largest absolute Gasteiger partial charge is 0.353 e. The molecule has 3 aromatic heterocycles. The third-order valence-electron chi connectivity index (χ3n) is 11.7. The minimum atomic E-state index is 0.128. The van der Waals surface area contributed by atoms with Crippen LogP contribution in [-0.4, -0.2) is 12.3 Å². The summed E-state index contributed by atoms with van der Waals surface area (Å²) in [6, 6.07) is 34.7. The van der Waals surface area contributed by atoms with Crippen molar-refractivity contribution in [2.75, 3.05) is 4.90 Å². The number of anilines is 3. The minimum absolute atomic E-state index is 0.128. The lowest BCUT2D eigenvalue weighted by atomic mass is 9.61. The lowest BCUT2D eigenvalue weighted by Crippen LogP contribution is -2.40. The van der Waals surface area contributed by atoms with E-state index in [4.69, 9.17) is 0 Å². The van der Waals surface area contributed by atoms with Crippen molar-refractivity contribution in [1.82, 2.24) is 4.98 Å². The Morgan fingerprint density at radius 2 is 1.33 bits per heavy atom. The van der Waals surface area contributed by atoms with E-state index in [0.29, 0.717) is 0 Å². The van der Waals surface area contributed by atoms with Crippen molar-refractivity contribution in [1.29, 1.82) is 0 Å². The average molecular weight is 671 g/mol. The van der Waals surface area contributed by atoms with Gasteiger partial charge in [-0.1, -0.05) is 94.4 Å². The van der Waals surface area contributed by atoms with Crippen molar-refractivity contribution in [3.05, 3.63) is 113 Å². The highest BCUT2D eigenvalue weighted by Gasteiger charge is 2.39. The molecule has 5 heteroatoms. The number of thiophene rings is 2. The molecule has 0 atom stereocenters. The fourth-order valence-corrected chi connectivity index (χ4v) is 11.3. The third kappa shape index (κ3) is 4.18. The van der Waals surface area contributed by atoms with Crippen LogP contribution in [0.25, 0.3) is 52.4 Å². The summed E-state index contributed by atoms with van der Waals surface area (Å²) in [5.41, 5.74) is 16.5. The van der Waals surface area contributed by atoms with Crippen LogP contribution in [0.15, 0.2) is 91.0 Å². The quantitative estimate of drug-likeness (QED) is 0.181. The Labute approximate surface area is 296 Å². The molecule has 2 nitrogen and oxygen atoms in total. The number of aromatic amines is 1. The Morgan fingerprint density at radius 3 is 2.10 bits per heavy atom. The van der Waals surface area contributed by atoms with E-state index in [1.54, 1.807) is 0 Å². The summed E-state index contributed by atoms with van der Waals surface area (Å²) in [6.07, 6.45) is 2.42. The van der Waals surface area contributed by atoms with Gasteiger partial charge in [-0.15, -0.1) is 22.7 Å². The smallest absolute Gasteiger partial charge is 0.211 e. The van der Waals surface area contributed by atoms with Crippen LogP contribution in [0.2, 0.25) is 0 Å². The summed E-state index contributed by atoms with van der Waals surface area (Å²) in [7, 11) is 0.924. The predicted molar refractivity (Wildman–Crippen MR) is 218 cm³/mol. The Hall–Kier alpha value is -4.32. The first-order chi connectivity index (χ1) is 23.6.